The molecule has 0 atom stereocenters. The van der Waals surface area contributed by atoms with Crippen LogP contribution in [0, 0.1) is 0 Å². The van der Waals surface area contributed by atoms with Crippen molar-refractivity contribution in [1.82, 2.24) is 0 Å². The molecule has 2 rings (SSSR count). The summed E-state index contributed by atoms with van der Waals surface area (Å²) in [5, 5.41) is 0. The normalized spacial score (nSPS) is 11.7. The molecule has 2 aromatic carbocycles. The Hall–Kier alpha value is -3.06. The van der Waals surface area contributed by atoms with Crippen molar-refractivity contribution < 1.29 is 23.8 Å². The highest BCUT2D eigenvalue weighted by Crippen LogP contribution is 2.22. The minimum Gasteiger partial charge on any atom is -0.462 e. The fourth-order valence-electron chi connectivity index (χ4n) is 3.27. The molecule has 0 aliphatic carbocycles. The molecule has 0 saturated heterocycles. The van der Waals surface area contributed by atoms with E-state index in [-0.39, 0.29) is 18.5 Å². The molecule has 35 heavy (non-hydrogen) atoms. The molecule has 7 heteroatoms. The van der Waals surface area contributed by atoms with Crippen molar-refractivity contribution in [3.63, 3.8) is 0 Å². The third kappa shape index (κ3) is 9.25. The Morgan fingerprint density at radius 1 is 0.657 bits per heavy atom. The van der Waals surface area contributed by atoms with Gasteiger partial charge < -0.3 is 24.0 Å². The van der Waals surface area contributed by atoms with Crippen molar-refractivity contribution in [2.24, 2.45) is 0 Å². The third-order valence-electron chi connectivity index (χ3n) is 5.74. The van der Waals surface area contributed by atoms with Gasteiger partial charge in [-0.05, 0) is 76.2 Å². The second-order valence-corrected chi connectivity index (χ2v) is 10.3. The Morgan fingerprint density at radius 3 is 1.54 bits per heavy atom. The van der Waals surface area contributed by atoms with Crippen molar-refractivity contribution >= 4 is 23.3 Å². The number of carbonyl (C=O) groups excluding carboxylic acids is 2. The van der Waals surface area contributed by atoms with Crippen LogP contribution in [0.2, 0.25) is 0 Å². The summed E-state index contributed by atoms with van der Waals surface area (Å²) in [6.07, 6.45) is 1.09. The summed E-state index contributed by atoms with van der Waals surface area (Å²) >= 11 is 0. The molecule has 0 fully saturated rings. The number of nitrogens with zero attached hydrogens (tertiary/aromatic N) is 2. The average Bonchev–Trinajstić information content (AvgIpc) is 2.78. The van der Waals surface area contributed by atoms with Gasteiger partial charge in [-0.25, -0.2) is 9.59 Å². The van der Waals surface area contributed by atoms with Gasteiger partial charge >= 0.3 is 11.9 Å². The fourth-order valence-corrected chi connectivity index (χ4v) is 3.27. The first kappa shape index (κ1) is 28.2. The largest absolute Gasteiger partial charge is 0.462 e. The second-order valence-electron chi connectivity index (χ2n) is 10.3. The molecule has 0 bridgehead atoms. The van der Waals surface area contributed by atoms with Crippen LogP contribution in [0.1, 0.15) is 61.3 Å². The van der Waals surface area contributed by atoms with Gasteiger partial charge in [0.2, 0.25) is 0 Å². The number of hydrogen-bond acceptors (Lipinski definition) is 7. The number of esters is 2. The number of benzene rings is 2. The minimum absolute atomic E-state index is 0.253. The van der Waals surface area contributed by atoms with E-state index in [9.17, 15) is 9.59 Å². The van der Waals surface area contributed by atoms with Crippen molar-refractivity contribution in [1.29, 1.82) is 0 Å². The summed E-state index contributed by atoms with van der Waals surface area (Å²) in [5.74, 6) is -0.706. The lowest BCUT2D eigenvalue weighted by Gasteiger charge is -2.29. The maximum atomic E-state index is 12.5. The summed E-state index contributed by atoms with van der Waals surface area (Å²) in [5.41, 5.74) is 1.91. The average molecular weight is 485 g/mol. The molecular weight excluding hydrogens is 444 g/mol. The van der Waals surface area contributed by atoms with Crippen LogP contribution < -0.4 is 9.80 Å². The monoisotopic (exact) mass is 484 g/mol. The van der Waals surface area contributed by atoms with E-state index in [2.05, 4.69) is 0 Å². The quantitative estimate of drug-likeness (QED) is 0.384. The molecule has 0 amide bonds. The Labute approximate surface area is 210 Å². The van der Waals surface area contributed by atoms with E-state index in [1.165, 1.54) is 0 Å². The molecule has 0 aliphatic rings. The molecule has 0 heterocycles. The third-order valence-corrected chi connectivity index (χ3v) is 5.74. The van der Waals surface area contributed by atoms with E-state index in [4.69, 9.17) is 14.2 Å². The van der Waals surface area contributed by atoms with E-state index in [0.717, 1.165) is 11.4 Å². The molecule has 0 spiro atoms. The van der Waals surface area contributed by atoms with Gasteiger partial charge in [0.1, 0.15) is 5.60 Å². The molecule has 0 saturated carbocycles. The van der Waals surface area contributed by atoms with Crippen LogP contribution in [0.25, 0.3) is 0 Å². The van der Waals surface area contributed by atoms with Gasteiger partial charge in [-0.1, -0.05) is 0 Å². The van der Waals surface area contributed by atoms with Gasteiger partial charge in [0.05, 0.1) is 29.9 Å². The molecule has 0 aromatic heterocycles. The smallest absolute Gasteiger partial charge is 0.338 e. The lowest BCUT2D eigenvalue weighted by atomic mass is 10.0. The van der Waals surface area contributed by atoms with Crippen LogP contribution in [-0.2, 0) is 14.2 Å². The summed E-state index contributed by atoms with van der Waals surface area (Å²) < 4.78 is 17.2. The zero-order valence-electron chi connectivity index (χ0n) is 22.4. The maximum Gasteiger partial charge on any atom is 0.338 e. The Bertz CT molecular complexity index is 964. The first-order valence-corrected chi connectivity index (χ1v) is 11.9. The molecule has 7 nitrogen and oxygen atoms in total. The lowest BCUT2D eigenvalue weighted by molar-refractivity contribution is -0.0636. The minimum atomic E-state index is -0.682. The summed E-state index contributed by atoms with van der Waals surface area (Å²) in [6.45, 7) is 8.32. The van der Waals surface area contributed by atoms with Crippen molar-refractivity contribution in [3.05, 3.63) is 59.7 Å². The van der Waals surface area contributed by atoms with Crippen molar-refractivity contribution in [2.75, 3.05) is 51.2 Å². The maximum absolute atomic E-state index is 12.5. The van der Waals surface area contributed by atoms with Crippen LogP contribution in [0.5, 0.6) is 0 Å². The van der Waals surface area contributed by atoms with Gasteiger partial charge in [-0.3, -0.25) is 0 Å². The highest BCUT2D eigenvalue weighted by atomic mass is 16.6. The van der Waals surface area contributed by atoms with Gasteiger partial charge in [-0.2, -0.15) is 0 Å². The van der Waals surface area contributed by atoms with Crippen molar-refractivity contribution in [3.8, 4) is 0 Å². The highest BCUT2D eigenvalue weighted by Gasteiger charge is 2.26. The zero-order chi connectivity index (χ0) is 26.2. The van der Waals surface area contributed by atoms with Crippen LogP contribution in [0.4, 0.5) is 11.4 Å². The number of anilines is 2. The predicted octanol–water partition coefficient (Wildman–Crippen LogP) is 5.19. The van der Waals surface area contributed by atoms with Crippen LogP contribution in [0.3, 0.4) is 0 Å². The Morgan fingerprint density at radius 2 is 1.09 bits per heavy atom. The standard InChI is InChI=1S/C28H40N2O5/c1-27(2,17-19-33-25(31)21-9-13-23(14-10-21)29(5)6)34-20-18-28(3,4)35-26(32)22-11-15-24(16-12-22)30(7)8/h9-16H,17-20H2,1-8H3. The topological polar surface area (TPSA) is 68.3 Å². The highest BCUT2D eigenvalue weighted by molar-refractivity contribution is 5.90. The molecule has 0 unspecified atom stereocenters. The Balaban J connectivity index is 1.75. The Kier molecular flexibility index (Phi) is 9.72. The van der Waals surface area contributed by atoms with E-state index >= 15 is 0 Å². The first-order chi connectivity index (χ1) is 16.3. The van der Waals surface area contributed by atoms with E-state index in [1.807, 2.05) is 90.0 Å². The van der Waals surface area contributed by atoms with Gasteiger partial charge in [0.15, 0.2) is 0 Å². The number of carbonyl (C=O) groups is 2. The molecule has 192 valence electrons. The van der Waals surface area contributed by atoms with Gasteiger partial charge in [0.25, 0.3) is 0 Å². The molecule has 0 aliphatic heterocycles. The molecule has 2 aromatic rings. The van der Waals surface area contributed by atoms with Crippen LogP contribution >= 0.6 is 0 Å². The van der Waals surface area contributed by atoms with E-state index in [1.54, 1.807) is 24.3 Å². The lowest BCUT2D eigenvalue weighted by Crippen LogP contribution is -2.33. The molecule has 0 radical (unpaired) electrons. The summed E-state index contributed by atoms with van der Waals surface area (Å²) in [4.78, 5) is 28.8. The summed E-state index contributed by atoms with van der Waals surface area (Å²) in [7, 11) is 7.80. The predicted molar refractivity (Wildman–Crippen MR) is 141 cm³/mol. The summed E-state index contributed by atoms with van der Waals surface area (Å²) in [6, 6.07) is 14.6. The zero-order valence-corrected chi connectivity index (χ0v) is 22.4. The number of ether oxygens (including phenoxy) is 3. The molecular formula is C28H40N2O5. The van der Waals surface area contributed by atoms with Gasteiger partial charge in [0, 0.05) is 52.4 Å². The van der Waals surface area contributed by atoms with Gasteiger partial charge in [-0.15, -0.1) is 0 Å². The van der Waals surface area contributed by atoms with Crippen molar-refractivity contribution in [2.45, 2.75) is 51.7 Å². The number of rotatable bonds is 12. The van der Waals surface area contributed by atoms with Crippen LogP contribution in [-0.4, -0.2) is 64.5 Å². The van der Waals surface area contributed by atoms with E-state index < -0.39 is 11.2 Å². The number of hydrogen-bond donors (Lipinski definition) is 0. The van der Waals surface area contributed by atoms with E-state index in [0.29, 0.717) is 30.6 Å². The SMILES string of the molecule is CN(C)c1ccc(C(=O)OCCC(C)(C)OCCC(C)(C)OC(=O)c2ccc(N(C)C)cc2)cc1. The first-order valence-electron chi connectivity index (χ1n) is 11.9. The second kappa shape index (κ2) is 12.1. The molecule has 0 N–H and O–H groups in total. The van der Waals surface area contributed by atoms with Crippen LogP contribution in [0.15, 0.2) is 48.5 Å². The fraction of sp³-hybridized carbons (Fsp3) is 0.500.